The third-order valence-corrected chi connectivity index (χ3v) is 5.10. The van der Waals surface area contributed by atoms with E-state index < -0.39 is 5.97 Å². The van der Waals surface area contributed by atoms with Gasteiger partial charge in [0, 0.05) is 5.33 Å². The third-order valence-electron chi connectivity index (χ3n) is 4.77. The van der Waals surface area contributed by atoms with Crippen LogP contribution in [0.3, 0.4) is 0 Å². The monoisotopic (exact) mass is 480 g/mol. The van der Waals surface area contributed by atoms with E-state index in [2.05, 4.69) is 47.1 Å². The number of hydrogen-bond acceptors (Lipinski definition) is 3. The highest BCUT2D eigenvalue weighted by Crippen LogP contribution is 2.35. The Morgan fingerprint density at radius 1 is 0.806 bits per heavy atom. The topological polar surface area (TPSA) is 55.8 Å². The second kappa shape index (κ2) is 11.4. The molecule has 0 saturated heterocycles. The maximum atomic E-state index is 10.8. The summed E-state index contributed by atoms with van der Waals surface area (Å²) in [6.45, 7) is 2.41. The van der Waals surface area contributed by atoms with Crippen LogP contribution in [0.4, 0.5) is 0 Å². The molecule has 31 heavy (non-hydrogen) atoms. The Bertz CT molecular complexity index is 1010. The quantitative estimate of drug-likeness (QED) is 0.273. The van der Waals surface area contributed by atoms with Crippen molar-refractivity contribution in [1.29, 1.82) is 0 Å². The lowest BCUT2D eigenvalue weighted by Gasteiger charge is -2.17. The second-order valence-electron chi connectivity index (χ2n) is 6.84. The molecule has 0 unspecified atom stereocenters. The van der Waals surface area contributed by atoms with Crippen molar-refractivity contribution in [3.8, 4) is 11.5 Å². The standard InChI is InChI=1S/C26H25BrO4/c1-2-24(19-6-4-3-5-7-19)26(20-8-12-22(13-9-20)30-17-16-27)21-10-14-23(15-11-21)31-18-25(28)29/h3-15H,2,16-18H2,1H3,(H,28,29)/b26-24-. The molecule has 0 radical (unpaired) electrons. The maximum absolute atomic E-state index is 10.8. The average Bonchev–Trinajstić information content (AvgIpc) is 2.81. The highest BCUT2D eigenvalue weighted by molar-refractivity contribution is 9.09. The molecule has 3 rings (SSSR count). The molecule has 0 atom stereocenters. The summed E-state index contributed by atoms with van der Waals surface area (Å²) in [7, 11) is 0. The van der Waals surface area contributed by atoms with Gasteiger partial charge in [-0.05, 0) is 58.5 Å². The molecular weight excluding hydrogens is 456 g/mol. The first-order valence-electron chi connectivity index (χ1n) is 10.1. The molecule has 160 valence electrons. The molecule has 0 aliphatic heterocycles. The fourth-order valence-electron chi connectivity index (χ4n) is 3.42. The van der Waals surface area contributed by atoms with Gasteiger partial charge in [-0.15, -0.1) is 0 Å². The number of halogens is 1. The lowest BCUT2D eigenvalue weighted by molar-refractivity contribution is -0.139. The van der Waals surface area contributed by atoms with E-state index in [0.29, 0.717) is 12.4 Å². The van der Waals surface area contributed by atoms with Gasteiger partial charge in [0.05, 0.1) is 6.61 Å². The summed E-state index contributed by atoms with van der Waals surface area (Å²) in [5.74, 6) is 0.365. The minimum Gasteiger partial charge on any atom is -0.493 e. The second-order valence-corrected chi connectivity index (χ2v) is 7.63. The van der Waals surface area contributed by atoms with E-state index in [1.54, 1.807) is 0 Å². The summed E-state index contributed by atoms with van der Waals surface area (Å²) in [5.41, 5.74) is 5.66. The van der Waals surface area contributed by atoms with E-state index in [1.165, 1.54) is 11.1 Å². The van der Waals surface area contributed by atoms with Crippen molar-refractivity contribution in [3.63, 3.8) is 0 Å². The fraction of sp³-hybridized carbons (Fsp3) is 0.192. The molecule has 0 aliphatic rings. The molecule has 0 aromatic heterocycles. The number of carboxylic acids is 1. The summed E-state index contributed by atoms with van der Waals surface area (Å²) >= 11 is 3.38. The zero-order chi connectivity index (χ0) is 22.1. The molecule has 0 saturated carbocycles. The summed E-state index contributed by atoms with van der Waals surface area (Å²) in [6.07, 6.45) is 0.860. The fourth-order valence-corrected chi connectivity index (χ4v) is 3.58. The molecule has 4 nitrogen and oxygen atoms in total. The van der Waals surface area contributed by atoms with Crippen LogP contribution in [0.1, 0.15) is 30.0 Å². The maximum Gasteiger partial charge on any atom is 0.341 e. The minimum absolute atomic E-state index is 0.359. The largest absolute Gasteiger partial charge is 0.493 e. The number of benzene rings is 3. The van der Waals surface area contributed by atoms with Crippen LogP contribution in [0.5, 0.6) is 11.5 Å². The number of ether oxygens (including phenoxy) is 2. The van der Waals surface area contributed by atoms with Gasteiger partial charge >= 0.3 is 5.97 Å². The van der Waals surface area contributed by atoms with E-state index in [-0.39, 0.29) is 6.61 Å². The van der Waals surface area contributed by atoms with Crippen LogP contribution >= 0.6 is 15.9 Å². The Kier molecular flexibility index (Phi) is 8.30. The van der Waals surface area contributed by atoms with Crippen molar-refractivity contribution in [2.24, 2.45) is 0 Å². The predicted octanol–water partition coefficient (Wildman–Crippen LogP) is 6.29. The van der Waals surface area contributed by atoms with Gasteiger partial charge in [-0.1, -0.05) is 77.5 Å². The van der Waals surface area contributed by atoms with Crippen molar-refractivity contribution in [1.82, 2.24) is 0 Å². The third kappa shape index (κ3) is 6.22. The first-order chi connectivity index (χ1) is 15.1. The zero-order valence-corrected chi connectivity index (χ0v) is 19.0. The molecule has 0 heterocycles. The Labute approximate surface area is 191 Å². The SMILES string of the molecule is CC/C(=C(\c1ccc(OCCBr)cc1)c1ccc(OCC(=O)O)cc1)c1ccccc1. The molecular formula is C26H25BrO4. The van der Waals surface area contributed by atoms with Gasteiger partial charge in [0.15, 0.2) is 6.61 Å². The molecule has 0 spiro atoms. The van der Waals surface area contributed by atoms with Gasteiger partial charge in [-0.25, -0.2) is 4.79 Å². The van der Waals surface area contributed by atoms with Gasteiger partial charge in [0.2, 0.25) is 0 Å². The van der Waals surface area contributed by atoms with Crippen molar-refractivity contribution in [2.45, 2.75) is 13.3 Å². The number of allylic oxidation sites excluding steroid dienone is 1. The van der Waals surface area contributed by atoms with Crippen molar-refractivity contribution >= 4 is 33.0 Å². The molecule has 0 fully saturated rings. The van der Waals surface area contributed by atoms with Crippen LogP contribution in [0, 0.1) is 0 Å². The summed E-state index contributed by atoms with van der Waals surface area (Å²) in [6, 6.07) is 26.0. The zero-order valence-electron chi connectivity index (χ0n) is 17.4. The van der Waals surface area contributed by atoms with E-state index in [9.17, 15) is 4.79 Å². The van der Waals surface area contributed by atoms with Crippen LogP contribution in [0.15, 0.2) is 78.9 Å². The predicted molar refractivity (Wildman–Crippen MR) is 128 cm³/mol. The van der Waals surface area contributed by atoms with E-state index in [4.69, 9.17) is 14.6 Å². The minimum atomic E-state index is -0.996. The smallest absolute Gasteiger partial charge is 0.341 e. The van der Waals surface area contributed by atoms with Crippen molar-refractivity contribution in [2.75, 3.05) is 18.5 Å². The molecule has 3 aromatic carbocycles. The van der Waals surface area contributed by atoms with Crippen LogP contribution in [-0.2, 0) is 4.79 Å². The van der Waals surface area contributed by atoms with E-state index in [1.807, 2.05) is 54.6 Å². The first kappa shape index (κ1) is 22.6. The summed E-state index contributed by atoms with van der Waals surface area (Å²) < 4.78 is 11.0. The van der Waals surface area contributed by atoms with Crippen molar-refractivity contribution in [3.05, 3.63) is 95.6 Å². The Hall–Kier alpha value is -3.05. The number of aliphatic carboxylic acids is 1. The average molecular weight is 481 g/mol. The number of rotatable bonds is 10. The Morgan fingerprint density at radius 2 is 1.35 bits per heavy atom. The molecule has 0 aliphatic carbocycles. The van der Waals surface area contributed by atoms with Gasteiger partial charge in [0.25, 0.3) is 0 Å². The lowest BCUT2D eigenvalue weighted by Crippen LogP contribution is -2.09. The number of carboxylic acid groups (broad SMARTS) is 1. The van der Waals surface area contributed by atoms with Crippen LogP contribution in [0.25, 0.3) is 11.1 Å². The first-order valence-corrected chi connectivity index (χ1v) is 11.3. The summed E-state index contributed by atoms with van der Waals surface area (Å²) in [4.78, 5) is 10.8. The van der Waals surface area contributed by atoms with Crippen molar-refractivity contribution < 1.29 is 19.4 Å². The van der Waals surface area contributed by atoms with E-state index in [0.717, 1.165) is 34.2 Å². The van der Waals surface area contributed by atoms with Gasteiger partial charge in [-0.2, -0.15) is 0 Å². The molecule has 1 N–H and O–H groups in total. The van der Waals surface area contributed by atoms with Gasteiger partial charge in [-0.3, -0.25) is 0 Å². The Morgan fingerprint density at radius 3 is 1.84 bits per heavy atom. The highest BCUT2D eigenvalue weighted by Gasteiger charge is 2.13. The number of hydrogen-bond donors (Lipinski definition) is 1. The van der Waals surface area contributed by atoms with Crippen LogP contribution < -0.4 is 9.47 Å². The number of alkyl halides is 1. The van der Waals surface area contributed by atoms with Gasteiger partial charge in [0.1, 0.15) is 11.5 Å². The normalized spacial score (nSPS) is 11.5. The molecule has 0 bridgehead atoms. The Balaban J connectivity index is 2.04. The summed E-state index contributed by atoms with van der Waals surface area (Å²) in [5, 5.41) is 9.61. The lowest BCUT2D eigenvalue weighted by atomic mass is 9.88. The molecule has 5 heteroatoms. The van der Waals surface area contributed by atoms with Crippen LogP contribution in [-0.4, -0.2) is 29.6 Å². The van der Waals surface area contributed by atoms with E-state index >= 15 is 0 Å². The number of carbonyl (C=O) groups is 1. The van der Waals surface area contributed by atoms with Crippen LogP contribution in [0.2, 0.25) is 0 Å². The molecule has 0 amide bonds. The van der Waals surface area contributed by atoms with Gasteiger partial charge < -0.3 is 14.6 Å². The highest BCUT2D eigenvalue weighted by atomic mass is 79.9. The molecule has 3 aromatic rings.